The first kappa shape index (κ1) is 12.4. The molecule has 3 nitrogen and oxygen atoms in total. The molecule has 0 spiro atoms. The Morgan fingerprint density at radius 3 is 2.94 bits per heavy atom. The van der Waals surface area contributed by atoms with Gasteiger partial charge < -0.3 is 10.0 Å². The summed E-state index contributed by atoms with van der Waals surface area (Å²) in [6.07, 6.45) is 1.49. The van der Waals surface area contributed by atoms with E-state index in [-0.39, 0.29) is 12.0 Å². The van der Waals surface area contributed by atoms with Crippen molar-refractivity contribution in [3.05, 3.63) is 28.8 Å². The molecule has 0 saturated carbocycles. The number of carbonyl (C=O) groups is 1. The van der Waals surface area contributed by atoms with Crippen molar-refractivity contribution in [2.45, 2.75) is 19.4 Å². The minimum atomic E-state index is -0.307. The van der Waals surface area contributed by atoms with Gasteiger partial charge in [-0.1, -0.05) is 11.6 Å². The zero-order valence-corrected chi connectivity index (χ0v) is 10.5. The predicted octanol–water partition coefficient (Wildman–Crippen LogP) is 2.36. The summed E-state index contributed by atoms with van der Waals surface area (Å²) in [6.45, 7) is 3.45. The third-order valence-corrected chi connectivity index (χ3v) is 3.60. The summed E-state index contributed by atoms with van der Waals surface area (Å²) in [6, 6.07) is 5.27. The van der Waals surface area contributed by atoms with Crippen LogP contribution in [-0.4, -0.2) is 30.6 Å². The molecule has 0 amide bonds. The highest BCUT2D eigenvalue weighted by atomic mass is 35.5. The van der Waals surface area contributed by atoms with Gasteiger partial charge in [0.2, 0.25) is 0 Å². The van der Waals surface area contributed by atoms with Crippen LogP contribution in [0, 0.1) is 5.92 Å². The third kappa shape index (κ3) is 2.61. The Hall–Kier alpha value is -1.06. The Bertz CT molecular complexity index is 420. The number of aliphatic hydroxyl groups is 1. The van der Waals surface area contributed by atoms with Crippen molar-refractivity contribution >= 4 is 23.6 Å². The van der Waals surface area contributed by atoms with E-state index in [0.29, 0.717) is 10.6 Å². The maximum Gasteiger partial charge on any atom is 0.152 e. The van der Waals surface area contributed by atoms with Crippen LogP contribution in [0.3, 0.4) is 0 Å². The van der Waals surface area contributed by atoms with Crippen LogP contribution in [0.25, 0.3) is 0 Å². The zero-order valence-electron chi connectivity index (χ0n) is 9.77. The first-order valence-corrected chi connectivity index (χ1v) is 6.17. The van der Waals surface area contributed by atoms with Gasteiger partial charge in [0, 0.05) is 35.3 Å². The predicted molar refractivity (Wildman–Crippen MR) is 68.8 cm³/mol. The normalized spacial score (nSPS) is 21.6. The lowest BCUT2D eigenvalue weighted by atomic mass is 10.0. The second-order valence-corrected chi connectivity index (χ2v) is 4.99. The summed E-state index contributed by atoms with van der Waals surface area (Å²) in [4.78, 5) is 13.1. The van der Waals surface area contributed by atoms with Crippen LogP contribution in [0.1, 0.15) is 23.7 Å². The van der Waals surface area contributed by atoms with Gasteiger partial charge >= 0.3 is 0 Å². The maximum absolute atomic E-state index is 11.0. The van der Waals surface area contributed by atoms with E-state index in [9.17, 15) is 9.90 Å². The fourth-order valence-corrected chi connectivity index (χ4v) is 2.46. The summed E-state index contributed by atoms with van der Waals surface area (Å²) < 4.78 is 0. The summed E-state index contributed by atoms with van der Waals surface area (Å²) in [5, 5.41) is 10.2. The van der Waals surface area contributed by atoms with E-state index < -0.39 is 0 Å². The molecule has 2 rings (SSSR count). The highest BCUT2D eigenvalue weighted by Crippen LogP contribution is 2.30. The average molecular weight is 254 g/mol. The average Bonchev–Trinajstić information content (AvgIpc) is 2.78. The number of hydrogen-bond donors (Lipinski definition) is 1. The van der Waals surface area contributed by atoms with Gasteiger partial charge in [0.25, 0.3) is 0 Å². The molecule has 0 bridgehead atoms. The summed E-state index contributed by atoms with van der Waals surface area (Å²) >= 11 is 5.96. The Balaban J connectivity index is 2.23. The first-order valence-electron chi connectivity index (χ1n) is 5.79. The lowest BCUT2D eigenvalue weighted by molar-refractivity contribution is 0.112. The zero-order chi connectivity index (χ0) is 12.4. The van der Waals surface area contributed by atoms with Crippen molar-refractivity contribution in [1.82, 2.24) is 0 Å². The van der Waals surface area contributed by atoms with Gasteiger partial charge in [-0.05, 0) is 31.5 Å². The Morgan fingerprint density at radius 2 is 2.35 bits per heavy atom. The standard InChI is InChI=1S/C13H16ClNO2/c1-9(17)10-4-5-15(7-10)13-6-12(14)3-2-11(13)8-16/h2-3,6,8-10,17H,4-5,7H2,1H3. The quantitative estimate of drug-likeness (QED) is 0.841. The molecule has 1 aromatic rings. The molecular weight excluding hydrogens is 238 g/mol. The second kappa shape index (κ2) is 5.07. The topological polar surface area (TPSA) is 40.5 Å². The van der Waals surface area contributed by atoms with Crippen LogP contribution in [0.15, 0.2) is 18.2 Å². The van der Waals surface area contributed by atoms with Crippen molar-refractivity contribution in [3.63, 3.8) is 0 Å². The van der Waals surface area contributed by atoms with Crippen molar-refractivity contribution in [2.24, 2.45) is 5.92 Å². The van der Waals surface area contributed by atoms with Gasteiger partial charge in [-0.2, -0.15) is 0 Å². The first-order chi connectivity index (χ1) is 8.11. The molecule has 1 aromatic carbocycles. The van der Waals surface area contributed by atoms with E-state index in [1.54, 1.807) is 12.1 Å². The van der Waals surface area contributed by atoms with Crippen molar-refractivity contribution < 1.29 is 9.90 Å². The van der Waals surface area contributed by atoms with Gasteiger partial charge in [0.15, 0.2) is 6.29 Å². The van der Waals surface area contributed by atoms with E-state index in [2.05, 4.69) is 4.90 Å². The maximum atomic E-state index is 11.0. The van der Waals surface area contributed by atoms with E-state index in [4.69, 9.17) is 11.6 Å². The fraction of sp³-hybridized carbons (Fsp3) is 0.462. The van der Waals surface area contributed by atoms with Crippen molar-refractivity contribution in [3.8, 4) is 0 Å². The molecule has 1 saturated heterocycles. The van der Waals surface area contributed by atoms with Crippen LogP contribution in [0.5, 0.6) is 0 Å². The smallest absolute Gasteiger partial charge is 0.152 e. The van der Waals surface area contributed by atoms with Crippen LogP contribution in [0.4, 0.5) is 5.69 Å². The number of aliphatic hydroxyl groups excluding tert-OH is 1. The number of aldehydes is 1. The monoisotopic (exact) mass is 253 g/mol. The van der Waals surface area contributed by atoms with Crippen LogP contribution < -0.4 is 4.90 Å². The minimum absolute atomic E-state index is 0.272. The molecule has 2 atom stereocenters. The van der Waals surface area contributed by atoms with Crippen molar-refractivity contribution in [2.75, 3.05) is 18.0 Å². The molecule has 4 heteroatoms. The van der Waals surface area contributed by atoms with Gasteiger partial charge in [-0.25, -0.2) is 0 Å². The van der Waals surface area contributed by atoms with Crippen molar-refractivity contribution in [1.29, 1.82) is 0 Å². The van der Waals surface area contributed by atoms with E-state index >= 15 is 0 Å². The molecule has 17 heavy (non-hydrogen) atoms. The van der Waals surface area contributed by atoms with E-state index in [1.165, 1.54) is 0 Å². The van der Waals surface area contributed by atoms with Crippen LogP contribution in [-0.2, 0) is 0 Å². The lowest BCUT2D eigenvalue weighted by Gasteiger charge is -2.21. The summed E-state index contributed by atoms with van der Waals surface area (Å²) in [7, 11) is 0. The molecule has 1 aliphatic heterocycles. The number of benzene rings is 1. The summed E-state index contributed by atoms with van der Waals surface area (Å²) in [5.74, 6) is 0.272. The molecule has 1 fully saturated rings. The number of nitrogens with zero attached hydrogens (tertiary/aromatic N) is 1. The Kier molecular flexibility index (Phi) is 3.69. The molecule has 1 N–H and O–H groups in total. The lowest BCUT2D eigenvalue weighted by Crippen LogP contribution is -2.24. The molecule has 1 heterocycles. The number of carbonyl (C=O) groups excluding carboxylic acids is 1. The highest BCUT2D eigenvalue weighted by molar-refractivity contribution is 6.31. The number of anilines is 1. The molecule has 1 aliphatic rings. The number of halogens is 1. The molecule has 0 aliphatic carbocycles. The second-order valence-electron chi connectivity index (χ2n) is 4.56. The number of rotatable bonds is 3. The van der Waals surface area contributed by atoms with Crippen LogP contribution >= 0.6 is 11.6 Å². The van der Waals surface area contributed by atoms with Gasteiger partial charge in [0.1, 0.15) is 0 Å². The third-order valence-electron chi connectivity index (χ3n) is 3.37. The molecule has 2 unspecified atom stereocenters. The van der Waals surface area contributed by atoms with E-state index in [1.807, 2.05) is 13.0 Å². The van der Waals surface area contributed by atoms with Gasteiger partial charge in [0.05, 0.1) is 6.10 Å². The molecule has 92 valence electrons. The fourth-order valence-electron chi connectivity index (χ4n) is 2.29. The Morgan fingerprint density at radius 1 is 1.59 bits per heavy atom. The number of hydrogen-bond acceptors (Lipinski definition) is 3. The Labute approximate surface area is 106 Å². The van der Waals surface area contributed by atoms with Gasteiger partial charge in [-0.15, -0.1) is 0 Å². The largest absolute Gasteiger partial charge is 0.393 e. The molecular formula is C13H16ClNO2. The molecule has 0 radical (unpaired) electrons. The van der Waals surface area contributed by atoms with E-state index in [0.717, 1.165) is 31.5 Å². The molecule has 0 aromatic heterocycles. The highest BCUT2D eigenvalue weighted by Gasteiger charge is 2.27. The SMILES string of the molecule is CC(O)C1CCN(c2cc(Cl)ccc2C=O)C1. The van der Waals surface area contributed by atoms with Crippen LogP contribution in [0.2, 0.25) is 5.02 Å². The summed E-state index contributed by atoms with van der Waals surface area (Å²) in [5.41, 5.74) is 1.52. The minimum Gasteiger partial charge on any atom is -0.393 e. The van der Waals surface area contributed by atoms with Gasteiger partial charge in [-0.3, -0.25) is 4.79 Å².